The van der Waals surface area contributed by atoms with Gasteiger partial charge in [-0.15, -0.1) is 0 Å². The van der Waals surface area contributed by atoms with Crippen molar-refractivity contribution in [3.8, 4) is 33.6 Å². The third-order valence-electron chi connectivity index (χ3n) is 10.8. The molecule has 4 heterocycles. The molecule has 60 heavy (non-hydrogen) atoms. The van der Waals surface area contributed by atoms with E-state index in [1.165, 1.54) is 24.0 Å². The molecular formula is C40H48F2N12O6. The number of benzene rings is 2. The van der Waals surface area contributed by atoms with Crippen molar-refractivity contribution >= 4 is 24.0 Å². The number of likely N-dealkylation sites (tertiary alicyclic amines) is 2. The highest BCUT2D eigenvalue weighted by molar-refractivity contribution is 5.87. The zero-order valence-electron chi connectivity index (χ0n) is 34.0. The summed E-state index contributed by atoms with van der Waals surface area (Å²) in [5, 5.41) is 8.94. The smallest absolute Gasteiger partial charge is 0.407 e. The third kappa shape index (κ3) is 9.03. The molecule has 4 amide bonds. The largest absolute Gasteiger partial charge is 0.453 e. The van der Waals surface area contributed by atoms with E-state index in [-0.39, 0.29) is 66.3 Å². The molecule has 2 aromatic carbocycles. The molecule has 20 heteroatoms. The summed E-state index contributed by atoms with van der Waals surface area (Å²) in [6, 6.07) is 9.75. The Hall–Kier alpha value is -6.53. The van der Waals surface area contributed by atoms with Gasteiger partial charge in [0.05, 0.1) is 32.3 Å². The molecule has 6 atom stereocenters. The standard InChI is InChI=1S/C40H48F2N12O6/c1-19(2)29(47-39(57)59-5)37(55)53-17-25(43)15-27(53)35-45-31(33(41)49-35)23-11-7-21(8-12-23)22-9-13-24(14-10-22)32-34(42)50-36(46-32)28-16-26(51-52-44)18-54(28)38(56)30(20(3)4)48-40(58)60-6/h7-14,19-20,25-30H,15-18,43H2,1-6H3,(H,45,49)(H,46,50)(H,47,57)(H,48,58)/t25-,26-,27-,28-,29-,30-/m0/s1. The lowest BCUT2D eigenvalue weighted by molar-refractivity contribution is -0.136. The molecule has 18 nitrogen and oxygen atoms in total. The predicted octanol–water partition coefficient (Wildman–Crippen LogP) is 5.73. The molecule has 2 aliphatic rings. The van der Waals surface area contributed by atoms with Gasteiger partial charge in [-0.1, -0.05) is 81.3 Å². The van der Waals surface area contributed by atoms with Gasteiger partial charge >= 0.3 is 12.2 Å². The summed E-state index contributed by atoms with van der Waals surface area (Å²) in [6.45, 7) is 7.35. The number of H-pyrrole nitrogens is 2. The van der Waals surface area contributed by atoms with E-state index in [4.69, 9.17) is 20.7 Å². The summed E-state index contributed by atoms with van der Waals surface area (Å²) in [7, 11) is 2.40. The normalized spacial score (nSPS) is 19.9. The van der Waals surface area contributed by atoms with Crippen LogP contribution in [0, 0.1) is 23.7 Å². The fourth-order valence-corrected chi connectivity index (χ4v) is 7.68. The number of aromatic amines is 2. The van der Waals surface area contributed by atoms with Crippen molar-refractivity contribution in [1.29, 1.82) is 0 Å². The summed E-state index contributed by atoms with van der Waals surface area (Å²) in [5.74, 6) is -2.42. The number of alkyl carbamates (subject to hydrolysis) is 2. The van der Waals surface area contributed by atoms with Crippen LogP contribution in [0.5, 0.6) is 0 Å². The second kappa shape index (κ2) is 18.2. The van der Waals surface area contributed by atoms with Crippen molar-refractivity contribution in [3.05, 3.63) is 82.5 Å². The molecule has 0 saturated carbocycles. The van der Waals surface area contributed by atoms with E-state index in [1.54, 1.807) is 76.2 Å². The van der Waals surface area contributed by atoms with Crippen molar-refractivity contribution in [2.45, 2.75) is 76.8 Å². The minimum absolute atomic E-state index is 0.0207. The van der Waals surface area contributed by atoms with Crippen LogP contribution < -0.4 is 16.4 Å². The number of carbonyl (C=O) groups excluding carboxylic acids is 4. The Bertz CT molecular complexity index is 2260. The molecule has 0 spiro atoms. The number of ether oxygens (including phenoxy) is 2. The average Bonchev–Trinajstić information content (AvgIpc) is 4.03. The van der Waals surface area contributed by atoms with Gasteiger partial charge in [0.25, 0.3) is 0 Å². The molecule has 318 valence electrons. The lowest BCUT2D eigenvalue weighted by Gasteiger charge is -2.29. The number of aromatic nitrogens is 4. The highest BCUT2D eigenvalue weighted by Crippen LogP contribution is 2.37. The van der Waals surface area contributed by atoms with Crippen molar-refractivity contribution in [1.82, 2.24) is 40.4 Å². The molecule has 2 saturated heterocycles. The fourth-order valence-electron chi connectivity index (χ4n) is 7.68. The van der Waals surface area contributed by atoms with Crippen LogP contribution in [-0.4, -0.2) is 105 Å². The number of imidazole rings is 2. The summed E-state index contributed by atoms with van der Waals surface area (Å²) in [5.41, 5.74) is 17.9. The molecule has 6 N–H and O–H groups in total. The Morgan fingerprint density at radius 2 is 1.15 bits per heavy atom. The number of hydrogen-bond donors (Lipinski definition) is 5. The maximum atomic E-state index is 15.5. The topological polar surface area (TPSA) is 249 Å². The van der Waals surface area contributed by atoms with Gasteiger partial charge in [-0.2, -0.15) is 8.78 Å². The van der Waals surface area contributed by atoms with Crippen molar-refractivity contribution in [3.63, 3.8) is 0 Å². The van der Waals surface area contributed by atoms with E-state index in [2.05, 4.69) is 40.6 Å². The SMILES string of the molecule is COC(=O)N[C@H](C(=O)N1C[C@@H](N)C[C@H]1c1nc(-c2ccc(-c3ccc(-c4nc([C@@H]5C[C@H](N=[N+]=[N-])CN5C(=O)[C@@H](NC(=O)OC)C(C)C)[nH]c4F)cc3)cc2)c(F)[nH]1)C(C)C. The van der Waals surface area contributed by atoms with Crippen LogP contribution in [-0.2, 0) is 19.1 Å². The number of nitrogens with zero attached hydrogens (tertiary/aromatic N) is 7. The second-order valence-corrected chi connectivity index (χ2v) is 15.5. The average molecular weight is 831 g/mol. The maximum absolute atomic E-state index is 15.5. The predicted molar refractivity (Wildman–Crippen MR) is 214 cm³/mol. The van der Waals surface area contributed by atoms with Crippen LogP contribution >= 0.6 is 0 Å². The Morgan fingerprint density at radius 1 is 0.750 bits per heavy atom. The Balaban J connectivity index is 1.18. The molecule has 6 rings (SSSR count). The Labute approximate surface area is 344 Å². The molecule has 4 aromatic rings. The van der Waals surface area contributed by atoms with E-state index >= 15 is 8.78 Å². The van der Waals surface area contributed by atoms with E-state index in [9.17, 15) is 19.2 Å². The molecular weight excluding hydrogens is 783 g/mol. The van der Waals surface area contributed by atoms with Crippen molar-refractivity contribution in [2.24, 2.45) is 22.7 Å². The maximum Gasteiger partial charge on any atom is 0.407 e. The monoisotopic (exact) mass is 830 g/mol. The number of azide groups is 1. The van der Waals surface area contributed by atoms with Crippen LogP contribution in [0.4, 0.5) is 18.4 Å². The second-order valence-electron chi connectivity index (χ2n) is 15.5. The van der Waals surface area contributed by atoms with Gasteiger partial charge in [0, 0.05) is 35.2 Å². The van der Waals surface area contributed by atoms with Crippen LogP contribution in [0.1, 0.15) is 64.3 Å². The van der Waals surface area contributed by atoms with E-state index in [1.807, 2.05) is 0 Å². The quantitative estimate of drug-likeness (QED) is 0.0664. The van der Waals surface area contributed by atoms with E-state index < -0.39 is 60.2 Å². The zero-order valence-corrected chi connectivity index (χ0v) is 34.0. The molecule has 0 unspecified atom stereocenters. The number of nitrogens with two attached hydrogens (primary N) is 1. The number of halogens is 2. The number of carbonyl (C=O) groups is 4. The number of hydrogen-bond acceptors (Lipinski definition) is 10. The highest BCUT2D eigenvalue weighted by Gasteiger charge is 2.43. The van der Waals surface area contributed by atoms with Gasteiger partial charge in [0.1, 0.15) is 35.1 Å². The Kier molecular flexibility index (Phi) is 13.0. The van der Waals surface area contributed by atoms with Gasteiger partial charge in [-0.05, 0) is 41.3 Å². The summed E-state index contributed by atoms with van der Waals surface area (Å²) in [6.07, 6.45) is -0.999. The van der Waals surface area contributed by atoms with Crippen molar-refractivity contribution in [2.75, 3.05) is 27.3 Å². The van der Waals surface area contributed by atoms with Crippen LogP contribution in [0.25, 0.3) is 44.1 Å². The minimum atomic E-state index is -0.956. The molecule has 2 aromatic heterocycles. The fraction of sp³-hybridized carbons (Fsp3) is 0.450. The molecule has 0 bridgehead atoms. The molecule has 2 aliphatic heterocycles. The summed E-state index contributed by atoms with van der Waals surface area (Å²) < 4.78 is 40.4. The van der Waals surface area contributed by atoms with Gasteiger partial charge in [0.2, 0.25) is 23.7 Å². The van der Waals surface area contributed by atoms with Gasteiger partial charge < -0.3 is 45.6 Å². The first kappa shape index (κ1) is 43.1. The number of amides is 4. The molecule has 2 fully saturated rings. The summed E-state index contributed by atoms with van der Waals surface area (Å²) in [4.78, 5) is 71.6. The third-order valence-corrected chi connectivity index (χ3v) is 10.8. The number of nitrogens with one attached hydrogen (secondary N) is 4. The lowest BCUT2D eigenvalue weighted by atomic mass is 10.0. The highest BCUT2D eigenvalue weighted by atomic mass is 19.1. The number of methoxy groups -OCH3 is 2. The zero-order chi connectivity index (χ0) is 43.4. The summed E-state index contributed by atoms with van der Waals surface area (Å²) >= 11 is 0. The van der Waals surface area contributed by atoms with Crippen molar-refractivity contribution < 1.29 is 37.4 Å². The first-order valence-electron chi connectivity index (χ1n) is 19.5. The Morgan fingerprint density at radius 3 is 1.55 bits per heavy atom. The first-order valence-corrected chi connectivity index (χ1v) is 19.5. The van der Waals surface area contributed by atoms with Crippen LogP contribution in [0.2, 0.25) is 0 Å². The molecule has 0 radical (unpaired) electrons. The number of rotatable bonds is 12. The van der Waals surface area contributed by atoms with Gasteiger partial charge in [0.15, 0.2) is 0 Å². The van der Waals surface area contributed by atoms with E-state index in [0.717, 1.165) is 11.1 Å². The molecule has 0 aliphatic carbocycles. The van der Waals surface area contributed by atoms with Crippen LogP contribution in [0.15, 0.2) is 53.6 Å². The van der Waals surface area contributed by atoms with E-state index in [0.29, 0.717) is 17.5 Å². The van der Waals surface area contributed by atoms with Crippen LogP contribution in [0.3, 0.4) is 0 Å². The minimum Gasteiger partial charge on any atom is -0.453 e. The van der Waals surface area contributed by atoms with Gasteiger partial charge in [-0.3, -0.25) is 9.59 Å². The van der Waals surface area contributed by atoms with Gasteiger partial charge in [-0.25, -0.2) is 19.6 Å². The first-order chi connectivity index (χ1) is 28.6. The lowest BCUT2D eigenvalue weighted by Crippen LogP contribution is -2.51.